The van der Waals surface area contributed by atoms with Crippen molar-refractivity contribution in [3.05, 3.63) is 42.5 Å². The van der Waals surface area contributed by atoms with Gasteiger partial charge in [0.25, 0.3) is 9.05 Å². The average molecular weight is 437 g/mol. The molecular formula is C17H25ClO7SSi. The van der Waals surface area contributed by atoms with Gasteiger partial charge in [0, 0.05) is 37.0 Å². The fourth-order valence-electron chi connectivity index (χ4n) is 2.41. The average Bonchev–Trinajstić information content (AvgIpc) is 2.67. The van der Waals surface area contributed by atoms with Gasteiger partial charge in [-0.25, -0.2) is 13.2 Å². The molecule has 1 aromatic rings. The summed E-state index contributed by atoms with van der Waals surface area (Å²) in [5, 5.41) is 0. The van der Waals surface area contributed by atoms with Crippen molar-refractivity contribution in [3.8, 4) is 0 Å². The summed E-state index contributed by atoms with van der Waals surface area (Å²) in [5.41, 5.74) is 0.744. The van der Waals surface area contributed by atoms with Crippen LogP contribution in [-0.2, 0) is 31.9 Å². The Morgan fingerprint density at radius 2 is 1.85 bits per heavy atom. The molecule has 0 heterocycles. The summed E-state index contributed by atoms with van der Waals surface area (Å²) < 4.78 is 45.0. The predicted molar refractivity (Wildman–Crippen MR) is 104 cm³/mol. The molecule has 1 atom stereocenters. The van der Waals surface area contributed by atoms with E-state index in [1.54, 1.807) is 12.1 Å². The van der Waals surface area contributed by atoms with Crippen LogP contribution in [0, 0.1) is 0 Å². The van der Waals surface area contributed by atoms with Gasteiger partial charge in [-0.05, 0) is 30.5 Å². The molecule has 7 nitrogen and oxygen atoms in total. The number of rotatable bonds is 12. The number of hydrogen-bond donors (Lipinski definition) is 0. The zero-order valence-corrected chi connectivity index (χ0v) is 18.2. The van der Waals surface area contributed by atoms with Gasteiger partial charge in [0.2, 0.25) is 0 Å². The molecule has 0 saturated carbocycles. The maximum Gasteiger partial charge on any atom is 0.500 e. The molecule has 0 saturated heterocycles. The van der Waals surface area contributed by atoms with Gasteiger partial charge in [0.05, 0.1) is 17.6 Å². The van der Waals surface area contributed by atoms with E-state index in [4.69, 9.17) is 28.7 Å². The molecule has 0 aliphatic carbocycles. The molecule has 1 aromatic carbocycles. The van der Waals surface area contributed by atoms with Crippen LogP contribution in [0.1, 0.15) is 31.4 Å². The van der Waals surface area contributed by atoms with Crippen LogP contribution in [0.5, 0.6) is 0 Å². The van der Waals surface area contributed by atoms with Crippen LogP contribution in [0.15, 0.2) is 41.8 Å². The first-order valence-corrected chi connectivity index (χ1v) is 12.6. The summed E-state index contributed by atoms with van der Waals surface area (Å²) in [6.07, 6.45) is 1.72. The highest BCUT2D eigenvalue weighted by molar-refractivity contribution is 8.13. The molecule has 152 valence electrons. The van der Waals surface area contributed by atoms with Crippen molar-refractivity contribution in [3.63, 3.8) is 0 Å². The third kappa shape index (κ3) is 7.36. The maximum atomic E-state index is 11.4. The molecule has 0 aromatic heterocycles. The van der Waals surface area contributed by atoms with E-state index in [9.17, 15) is 13.2 Å². The Bertz CT molecular complexity index is 709. The molecule has 27 heavy (non-hydrogen) atoms. The van der Waals surface area contributed by atoms with Gasteiger partial charge in [-0.1, -0.05) is 25.6 Å². The van der Waals surface area contributed by atoms with E-state index >= 15 is 0 Å². The molecule has 0 radical (unpaired) electrons. The first-order chi connectivity index (χ1) is 12.7. The number of halogens is 1. The zero-order valence-electron chi connectivity index (χ0n) is 15.6. The topological polar surface area (TPSA) is 88.1 Å². The van der Waals surface area contributed by atoms with E-state index < -0.39 is 29.9 Å². The Morgan fingerprint density at radius 1 is 1.26 bits per heavy atom. The second kappa shape index (κ2) is 10.9. The van der Waals surface area contributed by atoms with Gasteiger partial charge < -0.3 is 18.0 Å². The normalized spacial score (nSPS) is 13.2. The second-order valence-electron chi connectivity index (χ2n) is 5.57. The molecule has 0 aliphatic heterocycles. The van der Waals surface area contributed by atoms with Crippen molar-refractivity contribution in [2.24, 2.45) is 0 Å². The molecule has 1 unspecified atom stereocenters. The minimum Gasteiger partial charge on any atom is -0.463 e. The van der Waals surface area contributed by atoms with E-state index in [2.05, 4.69) is 6.58 Å². The monoisotopic (exact) mass is 436 g/mol. The first kappa shape index (κ1) is 23.8. The van der Waals surface area contributed by atoms with Crippen LogP contribution in [0.25, 0.3) is 0 Å². The minimum absolute atomic E-state index is 0.00376. The van der Waals surface area contributed by atoms with E-state index in [0.717, 1.165) is 11.6 Å². The van der Waals surface area contributed by atoms with Crippen LogP contribution >= 0.6 is 10.7 Å². The molecule has 0 bridgehead atoms. The molecule has 10 heteroatoms. The smallest absolute Gasteiger partial charge is 0.463 e. The Balaban J connectivity index is 2.98. The van der Waals surface area contributed by atoms with E-state index in [0.29, 0.717) is 18.9 Å². The Hall–Kier alpha value is -1.23. The fourth-order valence-corrected chi connectivity index (χ4v) is 4.97. The Morgan fingerprint density at radius 3 is 2.30 bits per heavy atom. The minimum atomic E-state index is -3.80. The van der Waals surface area contributed by atoms with E-state index in [1.165, 1.54) is 26.4 Å². The summed E-state index contributed by atoms with van der Waals surface area (Å²) in [7, 11) is 1.75. The number of hydrogen-bond acceptors (Lipinski definition) is 7. The van der Waals surface area contributed by atoms with Crippen molar-refractivity contribution in [2.75, 3.05) is 20.8 Å². The predicted octanol–water partition coefficient (Wildman–Crippen LogP) is 3.43. The lowest BCUT2D eigenvalue weighted by Crippen LogP contribution is -2.44. The van der Waals surface area contributed by atoms with Gasteiger partial charge >= 0.3 is 14.8 Å². The fraction of sp³-hybridized carbons (Fsp3) is 0.471. The summed E-state index contributed by atoms with van der Waals surface area (Å²) in [4.78, 5) is 11.2. The third-order valence-electron chi connectivity index (χ3n) is 3.93. The van der Waals surface area contributed by atoms with Crippen molar-refractivity contribution in [1.29, 1.82) is 0 Å². The van der Waals surface area contributed by atoms with E-state index in [1.807, 2.05) is 6.92 Å². The molecular weight excluding hydrogens is 412 g/mol. The van der Waals surface area contributed by atoms with Gasteiger partial charge in [0.15, 0.2) is 0 Å². The van der Waals surface area contributed by atoms with Crippen LogP contribution in [-0.4, -0.2) is 44.0 Å². The van der Waals surface area contributed by atoms with Crippen molar-refractivity contribution in [2.45, 2.75) is 36.8 Å². The molecule has 0 N–H and O–H groups in total. The van der Waals surface area contributed by atoms with Gasteiger partial charge in [-0.2, -0.15) is 0 Å². The summed E-state index contributed by atoms with van der Waals surface area (Å²) in [6, 6.07) is 6.67. The number of benzene rings is 1. The standard InChI is InChI=1S/C17H25ClO7SSi/c1-5-17(19)24-13-7-8-16(25-27(6-2,22-3)23-4)14-9-11-15(12-10-14)26(18,20)21/h5,9-12,16H,1,6-8,13H2,2-4H3. The third-order valence-corrected chi connectivity index (χ3v) is 8.06. The van der Waals surface area contributed by atoms with Crippen LogP contribution < -0.4 is 0 Å². The molecule has 0 fully saturated rings. The Labute approximate surface area is 166 Å². The lowest BCUT2D eigenvalue weighted by atomic mass is 10.1. The van der Waals surface area contributed by atoms with Crippen LogP contribution in [0.2, 0.25) is 6.04 Å². The summed E-state index contributed by atoms with van der Waals surface area (Å²) in [6.45, 7) is 5.46. The largest absolute Gasteiger partial charge is 0.500 e. The summed E-state index contributed by atoms with van der Waals surface area (Å²) >= 11 is 0. The number of carbonyl (C=O) groups is 1. The van der Waals surface area contributed by atoms with Gasteiger partial charge in [-0.3, -0.25) is 0 Å². The van der Waals surface area contributed by atoms with Crippen LogP contribution in [0.3, 0.4) is 0 Å². The van der Waals surface area contributed by atoms with Crippen molar-refractivity contribution in [1.82, 2.24) is 0 Å². The molecule has 0 spiro atoms. The zero-order chi connectivity index (χ0) is 20.5. The lowest BCUT2D eigenvalue weighted by Gasteiger charge is -2.30. The summed E-state index contributed by atoms with van der Waals surface area (Å²) in [5.74, 6) is -0.491. The highest BCUT2D eigenvalue weighted by atomic mass is 35.7. The molecule has 0 amide bonds. The SMILES string of the molecule is C=CC(=O)OCCCC(O[Si](CC)(OC)OC)c1ccc(S(=O)(=O)Cl)cc1. The highest BCUT2D eigenvalue weighted by Crippen LogP contribution is 2.30. The molecule has 1 rings (SSSR count). The number of esters is 1. The highest BCUT2D eigenvalue weighted by Gasteiger charge is 2.39. The van der Waals surface area contributed by atoms with Crippen molar-refractivity contribution >= 4 is 34.5 Å². The second-order valence-corrected chi connectivity index (χ2v) is 11.3. The van der Waals surface area contributed by atoms with Gasteiger partial charge in [0.1, 0.15) is 0 Å². The number of ether oxygens (including phenoxy) is 1. The number of carbonyl (C=O) groups excluding carboxylic acids is 1. The van der Waals surface area contributed by atoms with Gasteiger partial charge in [-0.15, -0.1) is 0 Å². The quantitative estimate of drug-likeness (QED) is 0.163. The van der Waals surface area contributed by atoms with Crippen LogP contribution in [0.4, 0.5) is 0 Å². The van der Waals surface area contributed by atoms with E-state index in [-0.39, 0.29) is 11.5 Å². The Kier molecular flexibility index (Phi) is 9.64. The maximum absolute atomic E-state index is 11.4. The molecule has 0 aliphatic rings. The first-order valence-electron chi connectivity index (χ1n) is 8.33. The van der Waals surface area contributed by atoms with Crippen molar-refractivity contribution < 1.29 is 31.2 Å². The lowest BCUT2D eigenvalue weighted by molar-refractivity contribution is -0.138.